The summed E-state index contributed by atoms with van der Waals surface area (Å²) in [5.41, 5.74) is -1.52. The molecular weight excluding hydrogens is 307 g/mol. The molecule has 94 valence electrons. The predicted molar refractivity (Wildman–Crippen MR) is 57.0 cm³/mol. The van der Waals surface area contributed by atoms with E-state index in [4.69, 9.17) is 4.74 Å². The molecule has 0 N–H and O–H groups in total. The fourth-order valence-electron chi connectivity index (χ4n) is 1.17. The van der Waals surface area contributed by atoms with Gasteiger partial charge in [-0.05, 0) is 22.9 Å². The van der Waals surface area contributed by atoms with Crippen molar-refractivity contribution >= 4 is 21.6 Å². The molecule has 0 aromatic heterocycles. The minimum atomic E-state index is -4.60. The van der Waals surface area contributed by atoms with Crippen molar-refractivity contribution in [2.45, 2.75) is 13.1 Å². The van der Waals surface area contributed by atoms with Crippen molar-refractivity contribution in [3.05, 3.63) is 32.3 Å². The van der Waals surface area contributed by atoms with Gasteiger partial charge in [0.25, 0.3) is 0 Å². The molecule has 0 saturated carbocycles. The minimum Gasteiger partial charge on any atom is -0.487 e. The molecule has 0 aliphatic carbocycles. The summed E-state index contributed by atoms with van der Waals surface area (Å²) < 4.78 is 42.1. The number of hydrogen-bond donors (Lipinski definition) is 0. The number of rotatable bonds is 3. The summed E-state index contributed by atoms with van der Waals surface area (Å²) in [6.45, 7) is 1.57. The number of alkyl halides is 3. The van der Waals surface area contributed by atoms with Crippen LogP contribution in [0.5, 0.6) is 5.75 Å². The number of nitro benzene ring substituents is 1. The van der Waals surface area contributed by atoms with E-state index in [1.165, 1.54) is 6.92 Å². The maximum atomic E-state index is 12.5. The molecular formula is C9H7BrF3NO3. The van der Waals surface area contributed by atoms with Crippen molar-refractivity contribution in [3.8, 4) is 5.75 Å². The van der Waals surface area contributed by atoms with Crippen molar-refractivity contribution in [1.29, 1.82) is 0 Å². The summed E-state index contributed by atoms with van der Waals surface area (Å²) in [5, 5.41) is 10.6. The average Bonchev–Trinajstić information content (AvgIpc) is 2.18. The molecule has 0 bridgehead atoms. The molecule has 0 fully saturated rings. The monoisotopic (exact) mass is 313 g/mol. The van der Waals surface area contributed by atoms with Gasteiger partial charge in [0.2, 0.25) is 0 Å². The number of hydrogen-bond acceptors (Lipinski definition) is 3. The maximum absolute atomic E-state index is 12.5. The third-order valence-corrected chi connectivity index (χ3v) is 2.51. The lowest BCUT2D eigenvalue weighted by atomic mass is 10.2. The maximum Gasteiger partial charge on any atom is 0.417 e. The minimum absolute atomic E-state index is 0.0414. The lowest BCUT2D eigenvalue weighted by Crippen LogP contribution is -2.08. The van der Waals surface area contributed by atoms with Gasteiger partial charge in [-0.25, -0.2) is 0 Å². The van der Waals surface area contributed by atoms with Crippen LogP contribution in [0, 0.1) is 10.1 Å². The van der Waals surface area contributed by atoms with Gasteiger partial charge in [-0.15, -0.1) is 0 Å². The molecule has 4 nitrogen and oxygen atoms in total. The molecule has 0 unspecified atom stereocenters. The standard InChI is InChI=1S/C9H7BrF3NO3/c1-2-17-8-3-5(9(11,12)13)6(10)4-7(8)14(15)16/h3-4H,2H2,1H3. The number of nitrogens with zero attached hydrogens (tertiary/aromatic N) is 1. The number of benzene rings is 1. The van der Waals surface area contributed by atoms with Gasteiger partial charge in [0.05, 0.1) is 17.1 Å². The third kappa shape index (κ3) is 3.09. The first kappa shape index (κ1) is 13.8. The zero-order valence-corrected chi connectivity index (χ0v) is 10.1. The van der Waals surface area contributed by atoms with Crippen LogP contribution in [0.4, 0.5) is 18.9 Å². The Balaban J connectivity index is 3.40. The third-order valence-electron chi connectivity index (χ3n) is 1.85. The average molecular weight is 314 g/mol. The normalized spacial score (nSPS) is 11.4. The highest BCUT2D eigenvalue weighted by Gasteiger charge is 2.35. The lowest BCUT2D eigenvalue weighted by Gasteiger charge is -2.11. The van der Waals surface area contributed by atoms with Crippen molar-refractivity contribution in [2.75, 3.05) is 6.61 Å². The Hall–Kier alpha value is -1.31. The van der Waals surface area contributed by atoms with E-state index in [1.807, 2.05) is 0 Å². The van der Waals surface area contributed by atoms with Gasteiger partial charge in [-0.3, -0.25) is 10.1 Å². The van der Waals surface area contributed by atoms with E-state index in [0.717, 1.165) is 6.07 Å². The first-order valence-electron chi connectivity index (χ1n) is 4.45. The van der Waals surface area contributed by atoms with Crippen LogP contribution in [0.1, 0.15) is 12.5 Å². The summed E-state index contributed by atoms with van der Waals surface area (Å²) in [7, 11) is 0. The predicted octanol–water partition coefficient (Wildman–Crippen LogP) is 3.77. The van der Waals surface area contributed by atoms with E-state index in [-0.39, 0.29) is 11.1 Å². The molecule has 1 aromatic rings. The second-order valence-electron chi connectivity index (χ2n) is 2.99. The molecule has 1 aromatic carbocycles. The Morgan fingerprint density at radius 3 is 2.47 bits per heavy atom. The molecule has 0 aliphatic rings. The SMILES string of the molecule is CCOc1cc(C(F)(F)F)c(Br)cc1[N+](=O)[O-]. The van der Waals surface area contributed by atoms with Crippen molar-refractivity contribution in [2.24, 2.45) is 0 Å². The molecule has 1 rings (SSSR count). The summed E-state index contributed by atoms with van der Waals surface area (Å²) in [6.07, 6.45) is -4.60. The molecule has 0 atom stereocenters. The Morgan fingerprint density at radius 2 is 2.06 bits per heavy atom. The van der Waals surface area contributed by atoms with Gasteiger partial charge >= 0.3 is 11.9 Å². The smallest absolute Gasteiger partial charge is 0.417 e. The quantitative estimate of drug-likeness (QED) is 0.630. The van der Waals surface area contributed by atoms with Crippen molar-refractivity contribution in [3.63, 3.8) is 0 Å². The second-order valence-corrected chi connectivity index (χ2v) is 3.84. The first-order chi connectivity index (χ1) is 7.77. The Labute approximate surface area is 103 Å². The van der Waals surface area contributed by atoms with Gasteiger partial charge in [-0.2, -0.15) is 13.2 Å². The number of nitro groups is 1. The highest BCUT2D eigenvalue weighted by atomic mass is 79.9. The van der Waals surface area contributed by atoms with Crippen LogP contribution in [-0.2, 0) is 6.18 Å². The molecule has 0 radical (unpaired) electrons. The summed E-state index contributed by atoms with van der Waals surface area (Å²) in [4.78, 5) is 9.84. The van der Waals surface area contributed by atoms with Crippen LogP contribution in [0.15, 0.2) is 16.6 Å². The molecule has 0 saturated heterocycles. The van der Waals surface area contributed by atoms with Gasteiger partial charge < -0.3 is 4.74 Å². The number of halogens is 4. The van der Waals surface area contributed by atoms with Gasteiger partial charge in [0, 0.05) is 16.6 Å². The van der Waals surface area contributed by atoms with Crippen LogP contribution in [0.3, 0.4) is 0 Å². The Kier molecular flexibility index (Phi) is 3.97. The zero-order valence-electron chi connectivity index (χ0n) is 8.55. The first-order valence-corrected chi connectivity index (χ1v) is 5.24. The van der Waals surface area contributed by atoms with E-state index in [0.29, 0.717) is 6.07 Å². The van der Waals surface area contributed by atoms with E-state index in [1.54, 1.807) is 0 Å². The molecule has 8 heteroatoms. The zero-order chi connectivity index (χ0) is 13.2. The van der Waals surface area contributed by atoms with Crippen molar-refractivity contribution in [1.82, 2.24) is 0 Å². The summed E-state index contributed by atoms with van der Waals surface area (Å²) in [6, 6.07) is 1.40. The van der Waals surface area contributed by atoms with E-state index >= 15 is 0 Å². The van der Waals surface area contributed by atoms with Crippen LogP contribution < -0.4 is 4.74 Å². The fraction of sp³-hybridized carbons (Fsp3) is 0.333. The van der Waals surface area contributed by atoms with Gasteiger partial charge in [0.15, 0.2) is 5.75 Å². The highest BCUT2D eigenvalue weighted by molar-refractivity contribution is 9.10. The molecule has 0 amide bonds. The molecule has 0 spiro atoms. The second kappa shape index (κ2) is 4.91. The van der Waals surface area contributed by atoms with Crippen molar-refractivity contribution < 1.29 is 22.8 Å². The highest BCUT2D eigenvalue weighted by Crippen LogP contribution is 2.41. The van der Waals surface area contributed by atoms with Crippen LogP contribution >= 0.6 is 15.9 Å². The van der Waals surface area contributed by atoms with Gasteiger partial charge in [0.1, 0.15) is 0 Å². The topological polar surface area (TPSA) is 52.4 Å². The van der Waals surface area contributed by atoms with Crippen LogP contribution in [0.25, 0.3) is 0 Å². The summed E-state index contributed by atoms with van der Waals surface area (Å²) in [5.74, 6) is -0.395. The Bertz CT molecular complexity index is 448. The molecule has 0 heterocycles. The largest absolute Gasteiger partial charge is 0.487 e. The molecule has 0 aliphatic heterocycles. The van der Waals surface area contributed by atoms with E-state index in [9.17, 15) is 23.3 Å². The van der Waals surface area contributed by atoms with Crippen LogP contribution in [0.2, 0.25) is 0 Å². The lowest BCUT2D eigenvalue weighted by molar-refractivity contribution is -0.386. The van der Waals surface area contributed by atoms with E-state index in [2.05, 4.69) is 15.9 Å². The van der Waals surface area contributed by atoms with Gasteiger partial charge in [-0.1, -0.05) is 0 Å². The Morgan fingerprint density at radius 1 is 1.47 bits per heavy atom. The summed E-state index contributed by atoms with van der Waals surface area (Å²) >= 11 is 2.66. The molecule has 17 heavy (non-hydrogen) atoms. The van der Waals surface area contributed by atoms with Crippen LogP contribution in [-0.4, -0.2) is 11.5 Å². The van der Waals surface area contributed by atoms with E-state index < -0.39 is 28.1 Å². The number of ether oxygens (including phenoxy) is 1. The fourth-order valence-corrected chi connectivity index (χ4v) is 1.73.